The quantitative estimate of drug-likeness (QED) is 0.762. The lowest BCUT2D eigenvalue weighted by Crippen LogP contribution is -2.07. The fraction of sp³-hybridized carbons (Fsp3) is 0.385. The average molecular weight is 249 g/mol. The highest BCUT2D eigenvalue weighted by Crippen LogP contribution is 2.23. The summed E-state index contributed by atoms with van der Waals surface area (Å²) in [6.07, 6.45) is 3.03. The lowest BCUT2D eigenvalue weighted by atomic mass is 10.2. The van der Waals surface area contributed by atoms with Crippen LogP contribution in [0.5, 0.6) is 0 Å². The molecular weight excluding hydrogens is 234 g/mol. The number of rotatable bonds is 5. The summed E-state index contributed by atoms with van der Waals surface area (Å²) in [5.74, 6) is 0.902. The number of nitrogens with zero attached hydrogens (tertiary/aromatic N) is 1. The number of aromatic nitrogens is 1. The van der Waals surface area contributed by atoms with Crippen LogP contribution in [0.1, 0.15) is 36.5 Å². The van der Waals surface area contributed by atoms with Crippen molar-refractivity contribution in [3.63, 3.8) is 0 Å². The van der Waals surface area contributed by atoms with Gasteiger partial charge in [0.15, 0.2) is 11.5 Å². The van der Waals surface area contributed by atoms with Gasteiger partial charge in [0.2, 0.25) is 0 Å². The van der Waals surface area contributed by atoms with E-state index in [0.717, 1.165) is 6.42 Å². The molecular formula is C13H15NO4. The smallest absolute Gasteiger partial charge is 0.360 e. The van der Waals surface area contributed by atoms with Crippen molar-refractivity contribution in [2.24, 2.45) is 0 Å². The minimum Gasteiger partial charge on any atom is -0.461 e. The Hall–Kier alpha value is -2.04. The zero-order valence-electron chi connectivity index (χ0n) is 10.4. The molecule has 0 aliphatic carbocycles. The molecule has 0 aliphatic heterocycles. The maximum Gasteiger partial charge on any atom is 0.360 e. The molecule has 0 atom stereocenters. The molecule has 0 radical (unpaired) electrons. The zero-order chi connectivity index (χ0) is 13.0. The first kappa shape index (κ1) is 12.4. The van der Waals surface area contributed by atoms with E-state index in [-0.39, 0.29) is 5.69 Å². The molecule has 0 aromatic carbocycles. The van der Waals surface area contributed by atoms with E-state index in [1.807, 2.05) is 6.92 Å². The van der Waals surface area contributed by atoms with Gasteiger partial charge < -0.3 is 13.6 Å². The summed E-state index contributed by atoms with van der Waals surface area (Å²) in [6, 6.07) is 3.47. The van der Waals surface area contributed by atoms with Crippen LogP contribution in [-0.4, -0.2) is 17.6 Å². The zero-order valence-corrected chi connectivity index (χ0v) is 10.4. The Morgan fingerprint density at radius 1 is 1.44 bits per heavy atom. The summed E-state index contributed by atoms with van der Waals surface area (Å²) in [5.41, 5.74) is 0.241. The first-order valence-electron chi connectivity index (χ1n) is 5.97. The summed E-state index contributed by atoms with van der Waals surface area (Å²) in [6.45, 7) is 4.07. The first-order chi connectivity index (χ1) is 8.76. The van der Waals surface area contributed by atoms with Crippen LogP contribution in [-0.2, 0) is 11.2 Å². The standard InChI is InChI=1S/C13H15NO4/c1-3-6-9-11(13(15)16-4-2)14-12(18-9)10-7-5-8-17-10/h5,7-8H,3-4,6H2,1-2H3. The van der Waals surface area contributed by atoms with Crippen LogP contribution in [0.25, 0.3) is 11.7 Å². The molecule has 0 aliphatic rings. The SMILES string of the molecule is CCCc1oc(-c2ccco2)nc1C(=O)OCC. The third kappa shape index (κ3) is 2.45. The Bertz CT molecular complexity index is 513. The predicted octanol–water partition coefficient (Wildman–Crippen LogP) is 3.06. The Labute approximate surface area is 105 Å². The van der Waals surface area contributed by atoms with Crippen LogP contribution < -0.4 is 0 Å². The highest BCUT2D eigenvalue weighted by molar-refractivity contribution is 5.88. The van der Waals surface area contributed by atoms with E-state index < -0.39 is 5.97 Å². The molecule has 0 fully saturated rings. The first-order valence-corrected chi connectivity index (χ1v) is 5.97. The van der Waals surface area contributed by atoms with Crippen molar-refractivity contribution in [3.05, 3.63) is 29.9 Å². The molecule has 0 saturated heterocycles. The van der Waals surface area contributed by atoms with Gasteiger partial charge >= 0.3 is 5.97 Å². The fourth-order valence-electron chi connectivity index (χ4n) is 1.61. The second kappa shape index (κ2) is 5.53. The number of ether oxygens (including phenoxy) is 1. The van der Waals surface area contributed by atoms with Crippen molar-refractivity contribution in [1.82, 2.24) is 4.98 Å². The van der Waals surface area contributed by atoms with Gasteiger partial charge in [0.05, 0.1) is 12.9 Å². The third-order valence-electron chi connectivity index (χ3n) is 2.38. The monoisotopic (exact) mass is 249 g/mol. The lowest BCUT2D eigenvalue weighted by molar-refractivity contribution is 0.0517. The van der Waals surface area contributed by atoms with Crippen molar-refractivity contribution in [3.8, 4) is 11.7 Å². The number of hydrogen-bond acceptors (Lipinski definition) is 5. The topological polar surface area (TPSA) is 65.5 Å². The Balaban J connectivity index is 2.35. The molecule has 2 aromatic rings. The Kier molecular flexibility index (Phi) is 3.82. The summed E-state index contributed by atoms with van der Waals surface area (Å²) in [7, 11) is 0. The van der Waals surface area contributed by atoms with E-state index in [4.69, 9.17) is 13.6 Å². The number of aryl methyl sites for hydroxylation is 1. The van der Waals surface area contributed by atoms with Crippen LogP contribution in [0.3, 0.4) is 0 Å². The van der Waals surface area contributed by atoms with Gasteiger partial charge in [0.25, 0.3) is 5.89 Å². The molecule has 5 nitrogen and oxygen atoms in total. The van der Waals surface area contributed by atoms with Gasteiger partial charge in [-0.25, -0.2) is 4.79 Å². The number of carbonyl (C=O) groups is 1. The minimum atomic E-state index is -0.456. The molecule has 0 bridgehead atoms. The van der Waals surface area contributed by atoms with Gasteiger partial charge in [-0.2, -0.15) is 4.98 Å². The fourth-order valence-corrected chi connectivity index (χ4v) is 1.61. The molecule has 0 N–H and O–H groups in total. The van der Waals surface area contributed by atoms with Crippen LogP contribution >= 0.6 is 0 Å². The summed E-state index contributed by atoms with van der Waals surface area (Å²) >= 11 is 0. The average Bonchev–Trinajstić information content (AvgIpc) is 2.97. The normalized spacial score (nSPS) is 10.6. The van der Waals surface area contributed by atoms with Crippen LogP contribution in [0.2, 0.25) is 0 Å². The molecule has 0 amide bonds. The lowest BCUT2D eigenvalue weighted by Gasteiger charge is -1.98. The van der Waals surface area contributed by atoms with Gasteiger partial charge in [0.1, 0.15) is 5.76 Å². The minimum absolute atomic E-state index is 0.241. The van der Waals surface area contributed by atoms with Crippen molar-refractivity contribution in [2.45, 2.75) is 26.7 Å². The molecule has 0 unspecified atom stereocenters. The van der Waals surface area contributed by atoms with Crippen molar-refractivity contribution in [1.29, 1.82) is 0 Å². The maximum atomic E-state index is 11.7. The third-order valence-corrected chi connectivity index (χ3v) is 2.38. The maximum absolute atomic E-state index is 11.7. The largest absolute Gasteiger partial charge is 0.461 e. The van der Waals surface area contributed by atoms with E-state index >= 15 is 0 Å². The molecule has 5 heteroatoms. The van der Waals surface area contributed by atoms with Crippen LogP contribution in [0, 0.1) is 0 Å². The molecule has 2 heterocycles. The van der Waals surface area contributed by atoms with Gasteiger partial charge in [-0.3, -0.25) is 0 Å². The van der Waals surface area contributed by atoms with Crippen LogP contribution in [0.4, 0.5) is 0 Å². The molecule has 2 rings (SSSR count). The van der Waals surface area contributed by atoms with Gasteiger partial charge in [-0.15, -0.1) is 0 Å². The summed E-state index contributed by atoms with van der Waals surface area (Å²) in [5, 5.41) is 0. The van der Waals surface area contributed by atoms with Crippen molar-refractivity contribution in [2.75, 3.05) is 6.61 Å². The second-order valence-corrected chi connectivity index (χ2v) is 3.74. The molecule has 0 saturated carbocycles. The number of esters is 1. The number of furan rings is 1. The summed E-state index contributed by atoms with van der Waals surface area (Å²) < 4.78 is 15.7. The highest BCUT2D eigenvalue weighted by Gasteiger charge is 2.22. The molecule has 96 valence electrons. The van der Waals surface area contributed by atoms with E-state index in [1.54, 1.807) is 19.1 Å². The van der Waals surface area contributed by atoms with Crippen molar-refractivity contribution >= 4 is 5.97 Å². The highest BCUT2D eigenvalue weighted by atomic mass is 16.5. The van der Waals surface area contributed by atoms with Gasteiger partial charge in [0, 0.05) is 6.42 Å². The molecule has 2 aromatic heterocycles. The van der Waals surface area contributed by atoms with Crippen molar-refractivity contribution < 1.29 is 18.4 Å². The predicted molar refractivity (Wildman–Crippen MR) is 64.2 cm³/mol. The van der Waals surface area contributed by atoms with E-state index in [1.165, 1.54) is 6.26 Å². The number of oxazole rings is 1. The Morgan fingerprint density at radius 3 is 2.89 bits per heavy atom. The van der Waals surface area contributed by atoms with Gasteiger partial charge in [-0.05, 0) is 25.5 Å². The molecule has 18 heavy (non-hydrogen) atoms. The Morgan fingerprint density at radius 2 is 2.28 bits per heavy atom. The van der Waals surface area contributed by atoms with Crippen LogP contribution in [0.15, 0.2) is 27.2 Å². The number of carbonyl (C=O) groups excluding carboxylic acids is 1. The van der Waals surface area contributed by atoms with E-state index in [2.05, 4.69) is 4.98 Å². The second-order valence-electron chi connectivity index (χ2n) is 3.74. The molecule has 0 spiro atoms. The van der Waals surface area contributed by atoms with Gasteiger partial charge in [-0.1, -0.05) is 6.92 Å². The van der Waals surface area contributed by atoms with E-state index in [0.29, 0.717) is 30.4 Å². The summed E-state index contributed by atoms with van der Waals surface area (Å²) in [4.78, 5) is 15.9. The van der Waals surface area contributed by atoms with E-state index in [9.17, 15) is 4.79 Å². The number of hydrogen-bond donors (Lipinski definition) is 0.